The van der Waals surface area contributed by atoms with Gasteiger partial charge in [0.15, 0.2) is 0 Å². The van der Waals surface area contributed by atoms with Crippen molar-refractivity contribution in [2.45, 2.75) is 57.7 Å². The van der Waals surface area contributed by atoms with Crippen LogP contribution < -0.4 is 10.1 Å². The third-order valence-electron chi connectivity index (χ3n) is 6.54. The van der Waals surface area contributed by atoms with Crippen LogP contribution in [-0.2, 0) is 11.3 Å². The molecule has 35 heavy (non-hydrogen) atoms. The van der Waals surface area contributed by atoms with Crippen LogP contribution in [0.5, 0.6) is 5.75 Å². The van der Waals surface area contributed by atoms with Gasteiger partial charge in [0.25, 0.3) is 5.91 Å². The second kappa shape index (κ2) is 11.6. The zero-order chi connectivity index (χ0) is 24.6. The van der Waals surface area contributed by atoms with E-state index in [1.165, 1.54) is 6.42 Å². The smallest absolute Gasteiger partial charge is 0.273 e. The molecule has 0 unspecified atom stereocenters. The van der Waals surface area contributed by atoms with Gasteiger partial charge in [0, 0.05) is 18.8 Å². The van der Waals surface area contributed by atoms with Crippen LogP contribution in [0.15, 0.2) is 72.9 Å². The van der Waals surface area contributed by atoms with Crippen molar-refractivity contribution in [1.29, 1.82) is 0 Å². The van der Waals surface area contributed by atoms with E-state index < -0.39 is 6.04 Å². The van der Waals surface area contributed by atoms with Crippen molar-refractivity contribution in [3.63, 3.8) is 0 Å². The summed E-state index contributed by atoms with van der Waals surface area (Å²) in [4.78, 5) is 33.6. The van der Waals surface area contributed by atoms with E-state index in [2.05, 4.69) is 10.3 Å². The molecule has 182 valence electrons. The average molecular weight is 472 g/mol. The lowest BCUT2D eigenvalue weighted by Crippen LogP contribution is -2.47. The Morgan fingerprint density at radius 1 is 1.03 bits per heavy atom. The zero-order valence-electron chi connectivity index (χ0n) is 20.4. The van der Waals surface area contributed by atoms with Crippen molar-refractivity contribution >= 4 is 11.8 Å². The summed E-state index contributed by atoms with van der Waals surface area (Å²) >= 11 is 0. The van der Waals surface area contributed by atoms with Crippen molar-refractivity contribution in [2.75, 3.05) is 7.11 Å². The molecule has 1 aliphatic carbocycles. The molecule has 1 heterocycles. The molecule has 1 N–H and O–H groups in total. The van der Waals surface area contributed by atoms with Gasteiger partial charge < -0.3 is 15.0 Å². The number of aromatic nitrogens is 1. The van der Waals surface area contributed by atoms with E-state index in [1.807, 2.05) is 55.5 Å². The first-order chi connectivity index (χ1) is 17.0. The number of carbonyl (C=O) groups excluding carboxylic acids is 2. The monoisotopic (exact) mass is 471 g/mol. The summed E-state index contributed by atoms with van der Waals surface area (Å²) in [6, 6.07) is 20.0. The van der Waals surface area contributed by atoms with Crippen LogP contribution in [0.2, 0.25) is 0 Å². The molecule has 1 aromatic heterocycles. The Bertz CT molecular complexity index is 1130. The SMILES string of the molecule is COc1cccc([C@@H](C(=O)NC2CCCCC2)N(Cc2ccc(C)cc2)C(=O)c2ccccn2)c1. The summed E-state index contributed by atoms with van der Waals surface area (Å²) in [5.74, 6) is 0.165. The largest absolute Gasteiger partial charge is 0.497 e. The van der Waals surface area contributed by atoms with Gasteiger partial charge in [-0.3, -0.25) is 14.6 Å². The number of rotatable bonds is 8. The summed E-state index contributed by atoms with van der Waals surface area (Å²) in [5.41, 5.74) is 3.08. The number of benzene rings is 2. The fourth-order valence-corrected chi connectivity index (χ4v) is 4.62. The Labute approximate surface area is 207 Å². The highest BCUT2D eigenvalue weighted by atomic mass is 16.5. The van der Waals surface area contributed by atoms with Crippen LogP contribution in [-0.4, -0.2) is 34.8 Å². The predicted molar refractivity (Wildman–Crippen MR) is 136 cm³/mol. The molecule has 4 rings (SSSR count). The maximum atomic E-state index is 13.9. The minimum Gasteiger partial charge on any atom is -0.497 e. The van der Waals surface area contributed by atoms with Crippen LogP contribution >= 0.6 is 0 Å². The van der Waals surface area contributed by atoms with E-state index in [0.717, 1.165) is 36.8 Å². The maximum Gasteiger partial charge on any atom is 0.273 e. The first kappa shape index (κ1) is 24.5. The van der Waals surface area contributed by atoms with Crippen molar-refractivity contribution in [1.82, 2.24) is 15.2 Å². The fraction of sp³-hybridized carbons (Fsp3) is 0.345. The van der Waals surface area contributed by atoms with Gasteiger partial charge in [-0.25, -0.2) is 0 Å². The van der Waals surface area contributed by atoms with Crippen LogP contribution in [0, 0.1) is 6.92 Å². The second-order valence-electron chi connectivity index (χ2n) is 9.16. The maximum absolute atomic E-state index is 13.9. The molecule has 0 bridgehead atoms. The van der Waals surface area contributed by atoms with E-state index in [0.29, 0.717) is 17.0 Å². The van der Waals surface area contributed by atoms with Crippen molar-refractivity contribution in [2.24, 2.45) is 0 Å². The molecule has 0 saturated heterocycles. The molecular formula is C29H33N3O3. The second-order valence-corrected chi connectivity index (χ2v) is 9.16. The van der Waals surface area contributed by atoms with Gasteiger partial charge in [0.2, 0.25) is 5.91 Å². The highest BCUT2D eigenvalue weighted by Gasteiger charge is 2.34. The highest BCUT2D eigenvalue weighted by Crippen LogP contribution is 2.29. The number of hydrogen-bond acceptors (Lipinski definition) is 4. The lowest BCUT2D eigenvalue weighted by atomic mass is 9.94. The van der Waals surface area contributed by atoms with Crippen LogP contribution in [0.4, 0.5) is 0 Å². The molecule has 1 saturated carbocycles. The molecule has 6 heteroatoms. The summed E-state index contributed by atoms with van der Waals surface area (Å²) < 4.78 is 5.44. The number of pyridine rings is 1. The van der Waals surface area contributed by atoms with Gasteiger partial charge in [-0.1, -0.05) is 67.3 Å². The normalized spacial score (nSPS) is 14.7. The van der Waals surface area contributed by atoms with Gasteiger partial charge in [-0.15, -0.1) is 0 Å². The van der Waals surface area contributed by atoms with Crippen molar-refractivity contribution in [3.05, 3.63) is 95.3 Å². The van der Waals surface area contributed by atoms with Gasteiger partial charge in [0.05, 0.1) is 7.11 Å². The summed E-state index contributed by atoms with van der Waals surface area (Å²) in [6.07, 6.45) is 6.93. The van der Waals surface area contributed by atoms with E-state index >= 15 is 0 Å². The number of amides is 2. The summed E-state index contributed by atoms with van der Waals surface area (Å²) in [6.45, 7) is 2.30. The third kappa shape index (κ3) is 6.27. The molecular weight excluding hydrogens is 438 g/mol. The predicted octanol–water partition coefficient (Wildman–Crippen LogP) is 5.23. The lowest BCUT2D eigenvalue weighted by molar-refractivity contribution is -0.127. The lowest BCUT2D eigenvalue weighted by Gasteiger charge is -2.33. The van der Waals surface area contributed by atoms with Gasteiger partial charge in [0.1, 0.15) is 17.5 Å². The molecule has 1 aliphatic rings. The van der Waals surface area contributed by atoms with Gasteiger partial charge in [-0.2, -0.15) is 0 Å². The average Bonchev–Trinajstić information content (AvgIpc) is 2.90. The minimum atomic E-state index is -0.831. The number of nitrogens with zero attached hydrogens (tertiary/aromatic N) is 2. The van der Waals surface area contributed by atoms with E-state index in [-0.39, 0.29) is 24.4 Å². The Kier molecular flexibility index (Phi) is 8.14. The Morgan fingerprint density at radius 2 is 1.80 bits per heavy atom. The zero-order valence-corrected chi connectivity index (χ0v) is 20.4. The molecule has 2 amide bonds. The molecule has 6 nitrogen and oxygen atoms in total. The topological polar surface area (TPSA) is 71.5 Å². The number of carbonyl (C=O) groups is 2. The molecule has 3 aromatic rings. The molecule has 1 atom stereocenters. The highest BCUT2D eigenvalue weighted by molar-refractivity contribution is 5.96. The molecule has 0 radical (unpaired) electrons. The number of ether oxygens (including phenoxy) is 1. The molecule has 0 aliphatic heterocycles. The molecule has 2 aromatic carbocycles. The third-order valence-corrected chi connectivity index (χ3v) is 6.54. The summed E-state index contributed by atoms with van der Waals surface area (Å²) in [7, 11) is 1.60. The number of methoxy groups -OCH3 is 1. The van der Waals surface area contributed by atoms with E-state index in [4.69, 9.17) is 4.74 Å². The first-order valence-corrected chi connectivity index (χ1v) is 12.3. The standard InChI is InChI=1S/C29H33N3O3/c1-21-14-16-22(17-15-21)20-32(29(34)26-13-6-7-18-30-26)27(23-9-8-12-25(19-23)35-2)28(33)31-24-10-4-3-5-11-24/h6-9,12-19,24,27H,3-5,10-11,20H2,1-2H3,(H,31,33)/t27-/m0/s1. The van der Waals surface area contributed by atoms with E-state index in [9.17, 15) is 9.59 Å². The van der Waals surface area contributed by atoms with Gasteiger partial charge in [-0.05, 0) is 55.2 Å². The number of nitrogens with one attached hydrogen (secondary N) is 1. The Hall–Kier alpha value is -3.67. The molecule has 1 fully saturated rings. The fourth-order valence-electron chi connectivity index (χ4n) is 4.62. The quantitative estimate of drug-likeness (QED) is 0.488. The van der Waals surface area contributed by atoms with E-state index in [1.54, 1.807) is 36.4 Å². The Morgan fingerprint density at radius 3 is 2.49 bits per heavy atom. The van der Waals surface area contributed by atoms with Crippen LogP contribution in [0.3, 0.4) is 0 Å². The Balaban J connectivity index is 1.75. The van der Waals surface area contributed by atoms with Crippen molar-refractivity contribution < 1.29 is 14.3 Å². The first-order valence-electron chi connectivity index (χ1n) is 12.3. The van der Waals surface area contributed by atoms with Crippen LogP contribution in [0.1, 0.15) is 65.3 Å². The van der Waals surface area contributed by atoms with Gasteiger partial charge >= 0.3 is 0 Å². The molecule has 0 spiro atoms. The van der Waals surface area contributed by atoms with Crippen LogP contribution in [0.25, 0.3) is 0 Å². The number of hydrogen-bond donors (Lipinski definition) is 1. The van der Waals surface area contributed by atoms with Crippen molar-refractivity contribution in [3.8, 4) is 5.75 Å². The summed E-state index contributed by atoms with van der Waals surface area (Å²) in [5, 5.41) is 3.24. The number of aryl methyl sites for hydroxylation is 1. The minimum absolute atomic E-state index is 0.121.